The van der Waals surface area contributed by atoms with Crippen molar-refractivity contribution in [2.75, 3.05) is 23.7 Å². The predicted octanol–water partition coefficient (Wildman–Crippen LogP) is 6.09. The molecule has 6 amide bonds. The lowest BCUT2D eigenvalue weighted by atomic mass is 9.75. The van der Waals surface area contributed by atoms with Gasteiger partial charge in [-0.25, -0.2) is 4.68 Å². The Morgan fingerprint density at radius 3 is 2.27 bits per heavy atom. The number of primary amides is 1. The van der Waals surface area contributed by atoms with Crippen molar-refractivity contribution < 1.29 is 46.7 Å². The van der Waals surface area contributed by atoms with Crippen molar-refractivity contribution in [2.24, 2.45) is 11.1 Å². The molecule has 1 atom stereocenters. The van der Waals surface area contributed by atoms with E-state index in [9.17, 15) is 46.7 Å². The van der Waals surface area contributed by atoms with Gasteiger partial charge in [-0.15, -0.1) is 0 Å². The van der Waals surface area contributed by atoms with E-state index in [0.717, 1.165) is 67.4 Å². The van der Waals surface area contributed by atoms with Crippen LogP contribution in [0.5, 0.6) is 0 Å². The first kappa shape index (κ1) is 48.7. The van der Waals surface area contributed by atoms with Crippen LogP contribution in [0, 0.1) is 5.41 Å². The predicted molar refractivity (Wildman–Crippen MR) is 242 cm³/mol. The fourth-order valence-corrected chi connectivity index (χ4v) is 9.77. The second-order valence-corrected chi connectivity index (χ2v) is 19.0. The van der Waals surface area contributed by atoms with E-state index in [2.05, 4.69) is 31.7 Å². The maximum absolute atomic E-state index is 14.1. The summed E-state index contributed by atoms with van der Waals surface area (Å²) in [5, 5.41) is 18.7. The Hall–Kier alpha value is -6.27. The molecule has 2 aliphatic carbocycles. The maximum atomic E-state index is 14.1. The molecule has 360 valence electrons. The van der Waals surface area contributed by atoms with Crippen LogP contribution >= 0.6 is 0 Å². The molecule has 16 nitrogen and oxygen atoms in total. The van der Waals surface area contributed by atoms with E-state index in [4.69, 9.17) is 5.73 Å². The summed E-state index contributed by atoms with van der Waals surface area (Å²) >= 11 is 0. The third kappa shape index (κ3) is 11.8. The average molecular weight is 932 g/mol. The van der Waals surface area contributed by atoms with Crippen LogP contribution in [-0.2, 0) is 38.3 Å². The molecule has 1 unspecified atom stereocenters. The number of Topliss-reactive ketones (excluding diaryl/α,β-unsaturated/α-hetero) is 1. The number of imide groups is 1. The van der Waals surface area contributed by atoms with E-state index < -0.39 is 46.5 Å². The number of nitrogens with zero attached hydrogens (tertiary/aromatic N) is 3. The summed E-state index contributed by atoms with van der Waals surface area (Å²) in [6, 6.07) is 9.07. The fourth-order valence-electron chi connectivity index (χ4n) is 9.77. The lowest BCUT2D eigenvalue weighted by molar-refractivity contribution is -0.142. The van der Waals surface area contributed by atoms with Crippen LogP contribution in [0.4, 0.5) is 24.5 Å². The quantitative estimate of drug-likeness (QED) is 0.0599. The molecule has 2 aromatic carbocycles. The van der Waals surface area contributed by atoms with Gasteiger partial charge in [0, 0.05) is 66.9 Å². The smallest absolute Gasteiger partial charge is 0.385 e. The zero-order valence-corrected chi connectivity index (χ0v) is 38.0. The monoisotopic (exact) mass is 931 g/mol. The number of hydrogen-bond acceptors (Lipinski definition) is 10. The van der Waals surface area contributed by atoms with Crippen molar-refractivity contribution >= 4 is 52.6 Å². The van der Waals surface area contributed by atoms with Gasteiger partial charge < -0.3 is 31.9 Å². The molecule has 0 spiro atoms. The van der Waals surface area contributed by atoms with Gasteiger partial charge in [-0.2, -0.15) is 18.3 Å². The van der Waals surface area contributed by atoms with E-state index in [1.165, 1.54) is 18.2 Å². The third-order valence-electron chi connectivity index (χ3n) is 13.2. The average Bonchev–Trinajstić information content (AvgIpc) is 3.82. The van der Waals surface area contributed by atoms with Crippen LogP contribution in [0.2, 0.25) is 0 Å². The molecule has 1 saturated heterocycles. The molecule has 0 radical (unpaired) electrons. The molecule has 3 aromatic rings. The Kier molecular flexibility index (Phi) is 15.0. The molecular formula is C48H60F3N9O7. The molecule has 7 rings (SSSR count). The number of halogens is 3. The van der Waals surface area contributed by atoms with Crippen LogP contribution in [0.25, 0.3) is 5.69 Å². The van der Waals surface area contributed by atoms with Crippen molar-refractivity contribution in [1.29, 1.82) is 0 Å². The number of carbonyl (C=O) groups excluding carboxylic acids is 7. The van der Waals surface area contributed by atoms with E-state index in [-0.39, 0.29) is 78.5 Å². The number of carbonyl (C=O) groups is 7. The zero-order valence-electron chi connectivity index (χ0n) is 38.0. The first-order valence-corrected chi connectivity index (χ1v) is 23.4. The number of hydrogen-bond donors (Lipinski definition) is 6. The van der Waals surface area contributed by atoms with Gasteiger partial charge >= 0.3 is 6.18 Å². The Bertz CT molecular complexity index is 2410. The molecule has 67 heavy (non-hydrogen) atoms. The summed E-state index contributed by atoms with van der Waals surface area (Å²) in [5.74, 6) is -2.74. The molecule has 7 N–H and O–H groups in total. The second-order valence-electron chi connectivity index (χ2n) is 19.0. The minimum atomic E-state index is -4.84. The zero-order chi connectivity index (χ0) is 48.0. The number of piperidine rings is 1. The molecule has 0 bridgehead atoms. The summed E-state index contributed by atoms with van der Waals surface area (Å²) in [4.78, 5) is 89.2. The van der Waals surface area contributed by atoms with E-state index in [0.29, 0.717) is 56.3 Å². The Labute approximate surface area is 387 Å². The molecule has 4 aliphatic rings. The molecule has 2 aliphatic heterocycles. The van der Waals surface area contributed by atoms with Crippen LogP contribution in [0.3, 0.4) is 0 Å². The van der Waals surface area contributed by atoms with Gasteiger partial charge in [0.1, 0.15) is 6.04 Å². The summed E-state index contributed by atoms with van der Waals surface area (Å²) in [6.07, 6.45) is 5.32. The summed E-state index contributed by atoms with van der Waals surface area (Å²) in [6.45, 7) is 4.58. The highest BCUT2D eigenvalue weighted by molar-refractivity contribution is 6.06. The number of unbranched alkanes of at least 4 members (excludes halogenated alkanes) is 6. The summed E-state index contributed by atoms with van der Waals surface area (Å²) in [7, 11) is 0. The van der Waals surface area contributed by atoms with Crippen LogP contribution in [0.15, 0.2) is 36.4 Å². The topological polar surface area (TPSA) is 227 Å². The Morgan fingerprint density at radius 1 is 0.866 bits per heavy atom. The number of ketones is 1. The van der Waals surface area contributed by atoms with Gasteiger partial charge in [0.15, 0.2) is 11.5 Å². The molecular weight excluding hydrogens is 872 g/mol. The number of benzene rings is 2. The normalized spacial score (nSPS) is 20.2. The number of rotatable bonds is 19. The molecule has 2 fully saturated rings. The lowest BCUT2D eigenvalue weighted by Crippen LogP contribution is -2.52. The number of amides is 6. The fraction of sp³-hybridized carbons (Fsp3) is 0.542. The maximum Gasteiger partial charge on any atom is 0.435 e. The number of nitrogens with two attached hydrogens (primary N) is 1. The van der Waals surface area contributed by atoms with Gasteiger partial charge in [0.25, 0.3) is 11.8 Å². The lowest BCUT2D eigenvalue weighted by Gasteiger charge is -2.31. The highest BCUT2D eigenvalue weighted by atomic mass is 19.4. The SMILES string of the molecule is CC1(C)CC(=O)c2c(C(F)(F)F)nn(-c3ccc(C(N)=O)c(NC4CCC(NC(=O)CNC(=O)CCCCCCCCCNc5cccc6c5CN(C5CCC(=O)NC5=O)C6=O)CC4)c3)c2C1. The van der Waals surface area contributed by atoms with Crippen LogP contribution in [-0.4, -0.2) is 87.1 Å². The van der Waals surface area contributed by atoms with Gasteiger partial charge in [0.2, 0.25) is 23.6 Å². The third-order valence-corrected chi connectivity index (χ3v) is 13.2. The van der Waals surface area contributed by atoms with Crippen molar-refractivity contribution in [1.82, 2.24) is 30.6 Å². The number of fused-ring (bicyclic) bond motifs is 2. The second kappa shape index (κ2) is 20.7. The molecule has 3 heterocycles. The van der Waals surface area contributed by atoms with E-state index in [1.807, 2.05) is 26.0 Å². The number of aromatic nitrogens is 2. The molecule has 1 saturated carbocycles. The number of anilines is 2. The van der Waals surface area contributed by atoms with Crippen LogP contribution in [0.1, 0.15) is 158 Å². The standard InChI is InChI=1S/C48H60F3N9O7/c1-47(2)24-37-42(38(61)25-47)43(48(49,50)51)58-60(37)30-18-19-32(44(52)65)35(23-30)55-28-14-16-29(17-15-28)56-41(64)26-54-39(62)13-8-6-4-3-5-7-9-22-53-34-12-10-11-31-33(34)27-59(46(31)67)36-20-21-40(63)57-45(36)66/h10-12,18-19,23,28-29,36,53,55H,3-9,13-17,20-22,24-27H2,1-2H3,(H2,52,65)(H,54,62)(H,56,64)(H,57,63,66). The number of nitrogens with one attached hydrogen (secondary N) is 5. The van der Waals surface area contributed by atoms with Gasteiger partial charge in [0.05, 0.1) is 29.1 Å². The Balaban J connectivity index is 0.764. The first-order chi connectivity index (χ1) is 31.9. The van der Waals surface area contributed by atoms with Crippen LogP contribution < -0.4 is 32.3 Å². The van der Waals surface area contributed by atoms with E-state index in [1.54, 1.807) is 11.0 Å². The molecule has 1 aromatic heterocycles. The highest BCUT2D eigenvalue weighted by Crippen LogP contribution is 2.42. The minimum Gasteiger partial charge on any atom is -0.385 e. The van der Waals surface area contributed by atoms with Crippen molar-refractivity contribution in [3.63, 3.8) is 0 Å². The minimum absolute atomic E-state index is 0.0325. The van der Waals surface area contributed by atoms with E-state index >= 15 is 0 Å². The summed E-state index contributed by atoms with van der Waals surface area (Å²) in [5.41, 5.74) is 6.71. The summed E-state index contributed by atoms with van der Waals surface area (Å²) < 4.78 is 43.4. The van der Waals surface area contributed by atoms with Crippen molar-refractivity contribution in [2.45, 2.75) is 147 Å². The largest absolute Gasteiger partial charge is 0.435 e. The highest BCUT2D eigenvalue weighted by Gasteiger charge is 2.46. The molecule has 19 heteroatoms. The van der Waals surface area contributed by atoms with Gasteiger partial charge in [-0.1, -0.05) is 52.0 Å². The van der Waals surface area contributed by atoms with Gasteiger partial charge in [-0.3, -0.25) is 38.9 Å². The van der Waals surface area contributed by atoms with Gasteiger partial charge in [-0.05, 0) is 87.1 Å². The number of alkyl halides is 3. The Morgan fingerprint density at radius 2 is 1.57 bits per heavy atom. The van der Waals surface area contributed by atoms with Crippen molar-refractivity contribution in [3.8, 4) is 5.69 Å². The van der Waals surface area contributed by atoms with Crippen molar-refractivity contribution in [3.05, 3.63) is 70.0 Å². The first-order valence-electron chi connectivity index (χ1n) is 23.4.